The molecule has 0 unspecified atom stereocenters. The summed E-state index contributed by atoms with van der Waals surface area (Å²) < 4.78 is 26.1. The molecule has 0 aliphatic heterocycles. The first-order valence-electron chi connectivity index (χ1n) is 5.93. The van der Waals surface area contributed by atoms with Gasteiger partial charge in [0.2, 0.25) is 10.0 Å². The third-order valence-electron chi connectivity index (χ3n) is 2.30. The van der Waals surface area contributed by atoms with Crippen molar-refractivity contribution in [3.63, 3.8) is 0 Å². The lowest BCUT2D eigenvalue weighted by Crippen LogP contribution is -2.33. The molecule has 0 spiro atoms. The normalized spacial score (nSPS) is 12.6. The van der Waals surface area contributed by atoms with E-state index < -0.39 is 10.0 Å². The fourth-order valence-electron chi connectivity index (χ4n) is 1.63. The highest BCUT2D eigenvalue weighted by Gasteiger charge is 2.20. The lowest BCUT2D eigenvalue weighted by Gasteiger charge is -2.18. The Morgan fingerprint density at radius 2 is 1.72 bits per heavy atom. The number of phenolic OH excluding ortho intramolecular Hbond substituents is 1. The highest BCUT2D eigenvalue weighted by atomic mass is 32.2. The van der Waals surface area contributed by atoms with Gasteiger partial charge in [0.1, 0.15) is 5.75 Å². The van der Waals surface area contributed by atoms with E-state index in [0.717, 1.165) is 5.56 Å². The van der Waals surface area contributed by atoms with Crippen LogP contribution in [0.5, 0.6) is 5.75 Å². The van der Waals surface area contributed by atoms with Crippen LogP contribution in [0.15, 0.2) is 24.3 Å². The van der Waals surface area contributed by atoms with Crippen molar-refractivity contribution in [2.75, 3.05) is 12.3 Å². The van der Waals surface area contributed by atoms with E-state index in [1.54, 1.807) is 24.3 Å². The van der Waals surface area contributed by atoms with E-state index in [0.29, 0.717) is 13.0 Å². The minimum absolute atomic E-state index is 0.121. The Hall–Kier alpha value is -1.07. The predicted molar refractivity (Wildman–Crippen MR) is 73.1 cm³/mol. The first kappa shape index (κ1) is 15.0. The summed E-state index contributed by atoms with van der Waals surface area (Å²) in [6.45, 7) is 6.06. The summed E-state index contributed by atoms with van der Waals surface area (Å²) in [6, 6.07) is 6.76. The molecule has 5 heteroatoms. The van der Waals surface area contributed by atoms with Crippen LogP contribution in [-0.2, 0) is 16.4 Å². The zero-order valence-corrected chi connectivity index (χ0v) is 11.9. The standard InChI is InChI=1S/C13H21NO3S/c1-13(2,3)10-18(16,17)14-9-8-11-4-6-12(15)7-5-11/h4-7,14-15H,8-10H2,1-3H3. The number of hydrogen-bond acceptors (Lipinski definition) is 3. The first-order chi connectivity index (χ1) is 8.18. The summed E-state index contributed by atoms with van der Waals surface area (Å²) in [4.78, 5) is 0. The molecule has 0 fully saturated rings. The third-order valence-corrected chi connectivity index (χ3v) is 4.19. The van der Waals surface area contributed by atoms with Gasteiger partial charge in [-0.05, 0) is 29.5 Å². The molecule has 18 heavy (non-hydrogen) atoms. The van der Waals surface area contributed by atoms with Crippen molar-refractivity contribution in [3.8, 4) is 5.75 Å². The number of benzene rings is 1. The molecule has 0 aliphatic rings. The molecule has 0 heterocycles. The number of rotatable bonds is 5. The molecule has 2 N–H and O–H groups in total. The van der Waals surface area contributed by atoms with E-state index in [1.165, 1.54) is 0 Å². The summed E-state index contributed by atoms with van der Waals surface area (Å²) in [5.74, 6) is 0.335. The van der Waals surface area contributed by atoms with Crippen molar-refractivity contribution < 1.29 is 13.5 Å². The van der Waals surface area contributed by atoms with Crippen molar-refractivity contribution in [1.29, 1.82) is 0 Å². The van der Waals surface area contributed by atoms with Crippen molar-refractivity contribution >= 4 is 10.0 Å². The maximum absolute atomic E-state index is 11.7. The summed E-state index contributed by atoms with van der Waals surface area (Å²) in [7, 11) is -3.22. The minimum Gasteiger partial charge on any atom is -0.508 e. The van der Waals surface area contributed by atoms with Gasteiger partial charge in [0, 0.05) is 6.54 Å². The van der Waals surface area contributed by atoms with Crippen LogP contribution in [0.1, 0.15) is 26.3 Å². The van der Waals surface area contributed by atoms with Crippen molar-refractivity contribution in [3.05, 3.63) is 29.8 Å². The maximum atomic E-state index is 11.7. The molecule has 102 valence electrons. The molecule has 0 radical (unpaired) electrons. The zero-order chi connectivity index (χ0) is 13.8. The Bertz CT molecular complexity index is 472. The van der Waals surface area contributed by atoms with Gasteiger partial charge in [-0.15, -0.1) is 0 Å². The third kappa shape index (κ3) is 6.02. The molecule has 1 aromatic rings. The molecule has 0 amide bonds. The van der Waals surface area contributed by atoms with Crippen molar-refractivity contribution in [2.45, 2.75) is 27.2 Å². The topological polar surface area (TPSA) is 66.4 Å². The molecule has 0 bridgehead atoms. The molecule has 0 atom stereocenters. The van der Waals surface area contributed by atoms with E-state index >= 15 is 0 Å². The van der Waals surface area contributed by atoms with E-state index in [1.807, 2.05) is 20.8 Å². The number of hydrogen-bond donors (Lipinski definition) is 2. The molecule has 4 nitrogen and oxygen atoms in total. The summed E-state index contributed by atoms with van der Waals surface area (Å²) in [5.41, 5.74) is 0.746. The van der Waals surface area contributed by atoms with Crippen LogP contribution in [0, 0.1) is 5.41 Å². The highest BCUT2D eigenvalue weighted by molar-refractivity contribution is 7.89. The Labute approximate surface area is 109 Å². The van der Waals surface area contributed by atoms with Gasteiger partial charge in [0.15, 0.2) is 0 Å². The lowest BCUT2D eigenvalue weighted by molar-refractivity contribution is 0.458. The quantitative estimate of drug-likeness (QED) is 0.859. The van der Waals surface area contributed by atoms with Crippen LogP contribution in [0.4, 0.5) is 0 Å². The predicted octanol–water partition coefficient (Wildman–Crippen LogP) is 1.90. The average Bonchev–Trinajstić information content (AvgIpc) is 2.17. The second-order valence-electron chi connectivity index (χ2n) is 5.63. The first-order valence-corrected chi connectivity index (χ1v) is 7.58. The van der Waals surface area contributed by atoms with E-state index in [2.05, 4.69) is 4.72 Å². The number of phenols is 1. The van der Waals surface area contributed by atoms with Crippen LogP contribution in [0.3, 0.4) is 0 Å². The van der Waals surface area contributed by atoms with E-state index in [-0.39, 0.29) is 16.9 Å². The monoisotopic (exact) mass is 271 g/mol. The number of aromatic hydroxyl groups is 1. The van der Waals surface area contributed by atoms with Gasteiger partial charge in [0.05, 0.1) is 5.75 Å². The van der Waals surface area contributed by atoms with Gasteiger partial charge < -0.3 is 5.11 Å². The Morgan fingerprint density at radius 1 is 1.17 bits per heavy atom. The summed E-state index contributed by atoms with van der Waals surface area (Å²) in [5, 5.41) is 9.13. The average molecular weight is 271 g/mol. The maximum Gasteiger partial charge on any atom is 0.212 e. The van der Waals surface area contributed by atoms with Crippen LogP contribution in [0.25, 0.3) is 0 Å². The fourth-order valence-corrected chi connectivity index (χ4v) is 3.29. The largest absolute Gasteiger partial charge is 0.508 e. The Morgan fingerprint density at radius 3 is 2.22 bits per heavy atom. The molecule has 1 rings (SSSR count). The summed E-state index contributed by atoms with van der Waals surface area (Å²) in [6.07, 6.45) is 0.615. The number of sulfonamides is 1. The second-order valence-corrected chi connectivity index (χ2v) is 7.44. The van der Waals surface area contributed by atoms with Gasteiger partial charge in [-0.3, -0.25) is 0 Å². The van der Waals surface area contributed by atoms with E-state index in [9.17, 15) is 8.42 Å². The molecule has 0 aromatic heterocycles. The molecular formula is C13H21NO3S. The Kier molecular flexibility index (Phi) is 4.76. The highest BCUT2D eigenvalue weighted by Crippen LogP contribution is 2.15. The molecule has 0 saturated carbocycles. The van der Waals surface area contributed by atoms with Crippen LogP contribution in [-0.4, -0.2) is 25.8 Å². The van der Waals surface area contributed by atoms with Gasteiger partial charge in [-0.25, -0.2) is 13.1 Å². The lowest BCUT2D eigenvalue weighted by atomic mass is 10.0. The van der Waals surface area contributed by atoms with Gasteiger partial charge in [0.25, 0.3) is 0 Å². The van der Waals surface area contributed by atoms with Crippen LogP contribution in [0.2, 0.25) is 0 Å². The Balaban J connectivity index is 2.44. The van der Waals surface area contributed by atoms with E-state index in [4.69, 9.17) is 5.11 Å². The fraction of sp³-hybridized carbons (Fsp3) is 0.538. The van der Waals surface area contributed by atoms with Gasteiger partial charge in [-0.2, -0.15) is 0 Å². The minimum atomic E-state index is -3.22. The van der Waals surface area contributed by atoms with Crippen LogP contribution >= 0.6 is 0 Å². The second kappa shape index (κ2) is 5.71. The molecular weight excluding hydrogens is 250 g/mol. The smallest absolute Gasteiger partial charge is 0.212 e. The van der Waals surface area contributed by atoms with Gasteiger partial charge >= 0.3 is 0 Å². The SMILES string of the molecule is CC(C)(C)CS(=O)(=O)NCCc1ccc(O)cc1. The van der Waals surface area contributed by atoms with Crippen LogP contribution < -0.4 is 4.72 Å². The molecule has 0 aliphatic carbocycles. The zero-order valence-electron chi connectivity index (χ0n) is 11.1. The van der Waals surface area contributed by atoms with Gasteiger partial charge in [-0.1, -0.05) is 32.9 Å². The molecule has 0 saturated heterocycles. The number of nitrogens with one attached hydrogen (secondary N) is 1. The van der Waals surface area contributed by atoms with Crippen molar-refractivity contribution in [2.24, 2.45) is 5.41 Å². The molecule has 1 aromatic carbocycles. The van der Waals surface area contributed by atoms with Crippen molar-refractivity contribution in [1.82, 2.24) is 4.72 Å². The summed E-state index contributed by atoms with van der Waals surface area (Å²) >= 11 is 0.